The summed E-state index contributed by atoms with van der Waals surface area (Å²) in [6.45, 7) is 8.90. The summed E-state index contributed by atoms with van der Waals surface area (Å²) in [4.78, 5) is 12.3. The summed E-state index contributed by atoms with van der Waals surface area (Å²) >= 11 is 0. The Kier molecular flexibility index (Phi) is 3.16. The molecule has 3 nitrogen and oxygen atoms in total. The van der Waals surface area contributed by atoms with Gasteiger partial charge in [-0.1, -0.05) is 20.8 Å². The van der Waals surface area contributed by atoms with Crippen LogP contribution in [0.25, 0.3) is 0 Å². The Morgan fingerprint density at radius 3 is 2.58 bits per heavy atom. The zero-order chi connectivity index (χ0) is 13.7. The Morgan fingerprint density at radius 1 is 1.26 bits per heavy atom. The van der Waals surface area contributed by atoms with Crippen molar-refractivity contribution < 1.29 is 9.53 Å². The van der Waals surface area contributed by atoms with Gasteiger partial charge in [-0.25, -0.2) is 0 Å². The van der Waals surface area contributed by atoms with Gasteiger partial charge >= 0.3 is 5.97 Å². The molecule has 0 radical (unpaired) electrons. The van der Waals surface area contributed by atoms with Crippen LogP contribution < -0.4 is 5.32 Å². The molecule has 0 aromatic carbocycles. The zero-order valence-corrected chi connectivity index (χ0v) is 12.5. The molecule has 0 aromatic heterocycles. The van der Waals surface area contributed by atoms with E-state index in [0.717, 1.165) is 38.3 Å². The van der Waals surface area contributed by atoms with Crippen molar-refractivity contribution in [3.8, 4) is 0 Å². The summed E-state index contributed by atoms with van der Waals surface area (Å²) in [5.74, 6) is 0.862. The van der Waals surface area contributed by atoms with Crippen molar-refractivity contribution in [2.24, 2.45) is 22.7 Å². The molecule has 3 fully saturated rings. The summed E-state index contributed by atoms with van der Waals surface area (Å²) in [5, 5.41) is 3.30. The number of nitrogens with one attached hydrogen (secondary N) is 1. The van der Waals surface area contributed by atoms with Crippen LogP contribution in [-0.2, 0) is 9.53 Å². The largest absolute Gasteiger partial charge is 0.462 e. The van der Waals surface area contributed by atoms with Crippen LogP contribution in [0, 0.1) is 22.7 Å². The van der Waals surface area contributed by atoms with E-state index in [9.17, 15) is 4.79 Å². The van der Waals surface area contributed by atoms with Crippen molar-refractivity contribution in [2.75, 3.05) is 13.1 Å². The first-order valence-corrected chi connectivity index (χ1v) is 7.86. The second-order valence-electron chi connectivity index (χ2n) is 7.58. The van der Waals surface area contributed by atoms with Crippen LogP contribution in [0.15, 0.2) is 0 Å². The summed E-state index contributed by atoms with van der Waals surface area (Å²) in [5.41, 5.74) is 0.512. The van der Waals surface area contributed by atoms with E-state index < -0.39 is 0 Å². The van der Waals surface area contributed by atoms with E-state index in [1.54, 1.807) is 0 Å². The number of hydrogen-bond acceptors (Lipinski definition) is 3. The molecule has 3 rings (SSSR count). The molecular formula is C16H27NO2. The van der Waals surface area contributed by atoms with Crippen molar-refractivity contribution in [3.05, 3.63) is 0 Å². The average Bonchev–Trinajstić information content (AvgIpc) is 2.73. The van der Waals surface area contributed by atoms with Gasteiger partial charge in [-0.2, -0.15) is 0 Å². The zero-order valence-electron chi connectivity index (χ0n) is 12.5. The monoisotopic (exact) mass is 265 g/mol. The van der Waals surface area contributed by atoms with Crippen LogP contribution in [0.2, 0.25) is 0 Å². The Morgan fingerprint density at radius 2 is 2.05 bits per heavy atom. The molecule has 0 amide bonds. The predicted molar refractivity (Wildman–Crippen MR) is 74.7 cm³/mol. The van der Waals surface area contributed by atoms with Gasteiger partial charge in [-0.15, -0.1) is 0 Å². The lowest BCUT2D eigenvalue weighted by atomic mass is 9.70. The number of carbonyl (C=O) groups excluding carboxylic acids is 1. The van der Waals surface area contributed by atoms with E-state index in [4.69, 9.17) is 4.74 Å². The van der Waals surface area contributed by atoms with Crippen molar-refractivity contribution in [1.82, 2.24) is 5.32 Å². The second kappa shape index (κ2) is 4.47. The molecule has 108 valence electrons. The highest BCUT2D eigenvalue weighted by molar-refractivity contribution is 5.73. The van der Waals surface area contributed by atoms with Gasteiger partial charge < -0.3 is 10.1 Å². The maximum Gasteiger partial charge on any atom is 0.310 e. The SMILES string of the molecule is CC1(C)C2CCC1(C)C(OC(=O)[C@H]1CCCNC1)C2. The van der Waals surface area contributed by atoms with E-state index in [1.165, 1.54) is 12.8 Å². The van der Waals surface area contributed by atoms with Crippen molar-refractivity contribution in [1.29, 1.82) is 0 Å². The Labute approximate surface area is 116 Å². The van der Waals surface area contributed by atoms with Crippen LogP contribution in [0.5, 0.6) is 0 Å². The molecule has 3 aliphatic rings. The molecule has 4 atom stereocenters. The molecule has 1 saturated heterocycles. The van der Waals surface area contributed by atoms with E-state index in [1.807, 2.05) is 0 Å². The topological polar surface area (TPSA) is 38.3 Å². The Bertz CT molecular complexity index is 373. The van der Waals surface area contributed by atoms with E-state index >= 15 is 0 Å². The fourth-order valence-corrected chi connectivity index (χ4v) is 4.60. The van der Waals surface area contributed by atoms with Gasteiger partial charge in [0.05, 0.1) is 5.92 Å². The number of fused-ring (bicyclic) bond motifs is 2. The lowest BCUT2D eigenvalue weighted by molar-refractivity contribution is -0.162. The highest BCUT2D eigenvalue weighted by atomic mass is 16.5. The van der Waals surface area contributed by atoms with Crippen molar-refractivity contribution in [3.63, 3.8) is 0 Å². The van der Waals surface area contributed by atoms with Crippen LogP contribution in [0.4, 0.5) is 0 Å². The van der Waals surface area contributed by atoms with Gasteiger partial charge in [0.25, 0.3) is 0 Å². The standard InChI is InChI=1S/C16H27NO2/c1-15(2)12-6-7-16(15,3)13(9-12)19-14(18)11-5-4-8-17-10-11/h11-13,17H,4-10H2,1-3H3/t11-,12?,13?,16?/m0/s1. The molecule has 2 aliphatic carbocycles. The third kappa shape index (κ3) is 1.93. The van der Waals surface area contributed by atoms with Crippen LogP contribution in [-0.4, -0.2) is 25.2 Å². The molecular weight excluding hydrogens is 238 g/mol. The molecule has 3 heteroatoms. The molecule has 2 bridgehead atoms. The number of ether oxygens (including phenoxy) is 1. The van der Waals surface area contributed by atoms with Crippen molar-refractivity contribution in [2.45, 2.75) is 59.0 Å². The van der Waals surface area contributed by atoms with Gasteiger partial charge in [-0.3, -0.25) is 4.79 Å². The van der Waals surface area contributed by atoms with Gasteiger partial charge in [0.2, 0.25) is 0 Å². The number of piperidine rings is 1. The highest BCUT2D eigenvalue weighted by Crippen LogP contribution is 2.66. The molecule has 1 aliphatic heterocycles. The molecule has 2 saturated carbocycles. The smallest absolute Gasteiger partial charge is 0.310 e. The third-order valence-corrected chi connectivity index (χ3v) is 6.60. The Balaban J connectivity index is 1.66. The highest BCUT2D eigenvalue weighted by Gasteiger charge is 2.62. The molecule has 1 N–H and O–H groups in total. The number of carbonyl (C=O) groups is 1. The maximum atomic E-state index is 12.3. The minimum absolute atomic E-state index is 0.0433. The first-order chi connectivity index (χ1) is 8.95. The minimum Gasteiger partial charge on any atom is -0.462 e. The first kappa shape index (κ1) is 13.4. The number of hydrogen-bond donors (Lipinski definition) is 1. The first-order valence-electron chi connectivity index (χ1n) is 7.86. The van der Waals surface area contributed by atoms with Gasteiger partial charge in [0.1, 0.15) is 6.10 Å². The molecule has 3 unspecified atom stereocenters. The number of esters is 1. The van der Waals surface area contributed by atoms with Crippen LogP contribution >= 0.6 is 0 Å². The summed E-state index contributed by atoms with van der Waals surface area (Å²) in [7, 11) is 0. The number of rotatable bonds is 2. The van der Waals surface area contributed by atoms with Crippen LogP contribution in [0.1, 0.15) is 52.9 Å². The molecule has 19 heavy (non-hydrogen) atoms. The van der Waals surface area contributed by atoms with Crippen LogP contribution in [0.3, 0.4) is 0 Å². The van der Waals surface area contributed by atoms with Gasteiger partial charge in [0, 0.05) is 12.0 Å². The third-order valence-electron chi connectivity index (χ3n) is 6.60. The fourth-order valence-electron chi connectivity index (χ4n) is 4.60. The summed E-state index contributed by atoms with van der Waals surface area (Å²) in [6.07, 6.45) is 5.83. The van der Waals surface area contributed by atoms with E-state index in [2.05, 4.69) is 26.1 Å². The lowest BCUT2D eigenvalue weighted by Gasteiger charge is -2.39. The predicted octanol–water partition coefficient (Wildman–Crippen LogP) is 2.74. The van der Waals surface area contributed by atoms with E-state index in [0.29, 0.717) is 5.41 Å². The summed E-state index contributed by atoms with van der Waals surface area (Å²) in [6, 6.07) is 0. The normalized spacial score (nSPS) is 44.3. The Hall–Kier alpha value is -0.570. The second-order valence-corrected chi connectivity index (χ2v) is 7.58. The van der Waals surface area contributed by atoms with Crippen molar-refractivity contribution >= 4 is 5.97 Å². The molecule has 0 aromatic rings. The average molecular weight is 265 g/mol. The van der Waals surface area contributed by atoms with Gasteiger partial charge in [-0.05, 0) is 50.0 Å². The fraction of sp³-hybridized carbons (Fsp3) is 0.938. The lowest BCUT2D eigenvalue weighted by Crippen LogP contribution is -2.42. The molecule has 0 spiro atoms. The maximum absolute atomic E-state index is 12.3. The quantitative estimate of drug-likeness (QED) is 0.780. The molecule has 1 heterocycles. The van der Waals surface area contributed by atoms with E-state index in [-0.39, 0.29) is 23.4 Å². The summed E-state index contributed by atoms with van der Waals surface area (Å²) < 4.78 is 5.94. The minimum atomic E-state index is 0.0433. The van der Waals surface area contributed by atoms with Gasteiger partial charge in [0.15, 0.2) is 0 Å².